The second-order valence-electron chi connectivity index (χ2n) is 5.70. The summed E-state index contributed by atoms with van der Waals surface area (Å²) in [6.45, 7) is 3.93. The van der Waals surface area contributed by atoms with Gasteiger partial charge in [0.15, 0.2) is 5.76 Å². The minimum atomic E-state index is -0.0984. The fraction of sp³-hybridized carbons (Fsp3) is 0.211. The molecule has 0 unspecified atom stereocenters. The topological polar surface area (TPSA) is 58.3 Å². The molecule has 0 fully saturated rings. The molecule has 0 aliphatic rings. The van der Waals surface area contributed by atoms with Crippen molar-refractivity contribution >= 4 is 17.3 Å². The molecule has 0 spiro atoms. The summed E-state index contributed by atoms with van der Waals surface area (Å²) < 4.78 is 5.96. The molecule has 124 valence electrons. The molecule has 2 N–H and O–H groups in total. The fourth-order valence-corrected chi connectivity index (χ4v) is 2.67. The first kappa shape index (κ1) is 16.6. The van der Waals surface area contributed by atoms with E-state index in [0.29, 0.717) is 10.9 Å². The molecule has 24 heavy (non-hydrogen) atoms. The number of aliphatic hydroxyl groups is 1. The second kappa shape index (κ2) is 7.07. The van der Waals surface area contributed by atoms with E-state index in [-0.39, 0.29) is 12.6 Å². The molecule has 0 bridgehead atoms. The van der Waals surface area contributed by atoms with E-state index < -0.39 is 0 Å². The van der Waals surface area contributed by atoms with Gasteiger partial charge in [0.2, 0.25) is 5.89 Å². The summed E-state index contributed by atoms with van der Waals surface area (Å²) in [5.41, 5.74) is 3.56. The van der Waals surface area contributed by atoms with Gasteiger partial charge >= 0.3 is 0 Å². The number of nitrogens with zero attached hydrogens (tertiary/aromatic N) is 1. The third-order valence-electron chi connectivity index (χ3n) is 3.78. The molecule has 0 radical (unpaired) electrons. The summed E-state index contributed by atoms with van der Waals surface area (Å²) in [5, 5.41) is 13.3. The molecule has 3 aromatic rings. The van der Waals surface area contributed by atoms with Gasteiger partial charge in [-0.3, -0.25) is 0 Å². The van der Waals surface area contributed by atoms with E-state index in [4.69, 9.17) is 16.0 Å². The van der Waals surface area contributed by atoms with Crippen LogP contribution in [0.4, 0.5) is 5.69 Å². The van der Waals surface area contributed by atoms with E-state index in [0.717, 1.165) is 28.3 Å². The average Bonchev–Trinajstić information content (AvgIpc) is 2.98. The zero-order valence-electron chi connectivity index (χ0n) is 13.6. The van der Waals surface area contributed by atoms with Gasteiger partial charge in [0, 0.05) is 16.3 Å². The minimum absolute atomic E-state index is 0.0166. The number of anilines is 1. The van der Waals surface area contributed by atoms with E-state index in [1.54, 1.807) is 0 Å². The van der Waals surface area contributed by atoms with Gasteiger partial charge in [-0.05, 0) is 55.8 Å². The third kappa shape index (κ3) is 3.61. The first-order valence-corrected chi connectivity index (χ1v) is 8.14. The van der Waals surface area contributed by atoms with E-state index in [1.165, 1.54) is 0 Å². The van der Waals surface area contributed by atoms with Crippen LogP contribution in [0.5, 0.6) is 0 Å². The summed E-state index contributed by atoms with van der Waals surface area (Å²) in [5.74, 6) is 1.37. The number of rotatable bonds is 5. The Morgan fingerprint density at radius 2 is 1.96 bits per heavy atom. The lowest BCUT2D eigenvalue weighted by atomic mass is 10.1. The third-order valence-corrected chi connectivity index (χ3v) is 4.03. The van der Waals surface area contributed by atoms with Gasteiger partial charge in [-0.25, -0.2) is 4.98 Å². The molecule has 4 nitrogen and oxygen atoms in total. The van der Waals surface area contributed by atoms with Crippen LogP contribution in [0.3, 0.4) is 0 Å². The SMILES string of the molecule is Cc1nc([C@@H](C)Nc2cccc(CO)c2)oc1-c1ccc(Cl)cc1. The largest absolute Gasteiger partial charge is 0.438 e. The summed E-state index contributed by atoms with van der Waals surface area (Å²) >= 11 is 5.94. The molecule has 0 aliphatic heterocycles. The average molecular weight is 343 g/mol. The van der Waals surface area contributed by atoms with Crippen LogP contribution in [0, 0.1) is 6.92 Å². The molecule has 0 aliphatic carbocycles. The zero-order chi connectivity index (χ0) is 17.1. The summed E-state index contributed by atoms with van der Waals surface area (Å²) in [4.78, 5) is 4.54. The van der Waals surface area contributed by atoms with Crippen molar-refractivity contribution in [3.05, 3.63) is 70.7 Å². The fourth-order valence-electron chi connectivity index (χ4n) is 2.54. The minimum Gasteiger partial charge on any atom is -0.438 e. The van der Waals surface area contributed by atoms with E-state index in [2.05, 4.69) is 10.3 Å². The van der Waals surface area contributed by atoms with Crippen molar-refractivity contribution in [3.8, 4) is 11.3 Å². The molecule has 1 aromatic heterocycles. The number of hydrogen-bond donors (Lipinski definition) is 2. The van der Waals surface area contributed by atoms with Crippen molar-refractivity contribution in [2.24, 2.45) is 0 Å². The number of halogens is 1. The van der Waals surface area contributed by atoms with Crippen molar-refractivity contribution in [1.82, 2.24) is 4.98 Å². The molecule has 0 amide bonds. The van der Waals surface area contributed by atoms with Crippen molar-refractivity contribution in [2.45, 2.75) is 26.5 Å². The van der Waals surface area contributed by atoms with Crippen molar-refractivity contribution in [1.29, 1.82) is 0 Å². The monoisotopic (exact) mass is 342 g/mol. The van der Waals surface area contributed by atoms with Gasteiger partial charge in [-0.1, -0.05) is 23.7 Å². The lowest BCUT2D eigenvalue weighted by Gasteiger charge is -2.12. The molecule has 0 saturated carbocycles. The van der Waals surface area contributed by atoms with Crippen LogP contribution >= 0.6 is 11.6 Å². The molecule has 1 heterocycles. The van der Waals surface area contributed by atoms with Crippen LogP contribution in [0.15, 0.2) is 52.9 Å². The van der Waals surface area contributed by atoms with Gasteiger partial charge in [0.05, 0.1) is 12.3 Å². The Morgan fingerprint density at radius 1 is 1.21 bits per heavy atom. The van der Waals surface area contributed by atoms with Gasteiger partial charge in [0.1, 0.15) is 6.04 Å². The maximum atomic E-state index is 9.23. The molecular formula is C19H19ClN2O2. The van der Waals surface area contributed by atoms with Crippen molar-refractivity contribution < 1.29 is 9.52 Å². The summed E-state index contributed by atoms with van der Waals surface area (Å²) in [7, 11) is 0. The Bertz CT molecular complexity index is 828. The number of aromatic nitrogens is 1. The highest BCUT2D eigenvalue weighted by atomic mass is 35.5. The highest BCUT2D eigenvalue weighted by Gasteiger charge is 2.17. The summed E-state index contributed by atoms with van der Waals surface area (Å²) in [6, 6.07) is 15.0. The maximum Gasteiger partial charge on any atom is 0.217 e. The standard InChI is InChI=1S/C19H19ClN2O2/c1-12-18(15-6-8-16(20)9-7-15)24-19(22-12)13(2)21-17-5-3-4-14(10-17)11-23/h3-10,13,21,23H,11H2,1-2H3/t13-/m1/s1. The van der Waals surface area contributed by atoms with Crippen molar-refractivity contribution in [2.75, 3.05) is 5.32 Å². The van der Waals surface area contributed by atoms with Gasteiger partial charge < -0.3 is 14.8 Å². The first-order valence-electron chi connectivity index (χ1n) is 7.76. The van der Waals surface area contributed by atoms with Crippen LogP contribution < -0.4 is 5.32 Å². The summed E-state index contributed by atoms with van der Waals surface area (Å²) in [6.07, 6.45) is 0. The number of benzene rings is 2. The lowest BCUT2D eigenvalue weighted by molar-refractivity contribution is 0.282. The zero-order valence-corrected chi connectivity index (χ0v) is 14.3. The highest BCUT2D eigenvalue weighted by molar-refractivity contribution is 6.30. The number of aliphatic hydroxyl groups excluding tert-OH is 1. The van der Waals surface area contributed by atoms with E-state index >= 15 is 0 Å². The number of aryl methyl sites for hydroxylation is 1. The highest BCUT2D eigenvalue weighted by Crippen LogP contribution is 2.29. The van der Waals surface area contributed by atoms with Crippen LogP contribution in [-0.2, 0) is 6.61 Å². The molecule has 2 aromatic carbocycles. The van der Waals surface area contributed by atoms with Crippen LogP contribution in [0.2, 0.25) is 5.02 Å². The Kier molecular flexibility index (Phi) is 4.88. The van der Waals surface area contributed by atoms with Crippen LogP contribution in [-0.4, -0.2) is 10.1 Å². The van der Waals surface area contributed by atoms with Gasteiger partial charge in [-0.2, -0.15) is 0 Å². The molecular weight excluding hydrogens is 324 g/mol. The maximum absolute atomic E-state index is 9.23. The van der Waals surface area contributed by atoms with E-state index in [9.17, 15) is 5.11 Å². The number of oxazole rings is 1. The van der Waals surface area contributed by atoms with Crippen LogP contribution in [0.25, 0.3) is 11.3 Å². The number of nitrogens with one attached hydrogen (secondary N) is 1. The Morgan fingerprint density at radius 3 is 2.67 bits per heavy atom. The molecule has 5 heteroatoms. The quantitative estimate of drug-likeness (QED) is 0.687. The lowest BCUT2D eigenvalue weighted by Crippen LogP contribution is -2.07. The first-order chi connectivity index (χ1) is 11.6. The smallest absolute Gasteiger partial charge is 0.217 e. The van der Waals surface area contributed by atoms with E-state index in [1.807, 2.05) is 62.4 Å². The predicted octanol–water partition coefficient (Wildman–Crippen LogP) is 4.97. The Labute approximate surface area is 146 Å². The normalized spacial score (nSPS) is 12.2. The van der Waals surface area contributed by atoms with Crippen LogP contribution in [0.1, 0.15) is 30.1 Å². The Hall–Kier alpha value is -2.30. The van der Waals surface area contributed by atoms with Gasteiger partial charge in [0.25, 0.3) is 0 Å². The Balaban J connectivity index is 1.81. The predicted molar refractivity (Wildman–Crippen MR) is 96.1 cm³/mol. The molecule has 1 atom stereocenters. The molecule has 0 saturated heterocycles. The second-order valence-corrected chi connectivity index (χ2v) is 6.13. The molecule has 3 rings (SSSR count). The van der Waals surface area contributed by atoms with Crippen molar-refractivity contribution in [3.63, 3.8) is 0 Å². The number of hydrogen-bond acceptors (Lipinski definition) is 4. The van der Waals surface area contributed by atoms with Gasteiger partial charge in [-0.15, -0.1) is 0 Å².